The van der Waals surface area contributed by atoms with Gasteiger partial charge in [0.25, 0.3) is 0 Å². The Morgan fingerprint density at radius 3 is 2.58 bits per heavy atom. The van der Waals surface area contributed by atoms with Crippen molar-refractivity contribution in [1.29, 1.82) is 0 Å². The van der Waals surface area contributed by atoms with Crippen LogP contribution in [0.3, 0.4) is 0 Å². The van der Waals surface area contributed by atoms with Crippen molar-refractivity contribution in [3.05, 3.63) is 71.4 Å². The number of aromatic nitrogens is 2. The summed E-state index contributed by atoms with van der Waals surface area (Å²) in [4.78, 5) is 8.88. The van der Waals surface area contributed by atoms with Crippen LogP contribution in [0.4, 0.5) is 23.1 Å². The van der Waals surface area contributed by atoms with Gasteiger partial charge in [0.1, 0.15) is 5.82 Å². The predicted molar refractivity (Wildman–Crippen MR) is 100 cm³/mol. The van der Waals surface area contributed by atoms with Crippen molar-refractivity contribution >= 4 is 23.1 Å². The van der Waals surface area contributed by atoms with E-state index in [2.05, 4.69) is 71.7 Å². The molecule has 2 aromatic carbocycles. The molecule has 122 valence electrons. The molecule has 3 aromatic rings. The smallest absolute Gasteiger partial charge is 0.229 e. The van der Waals surface area contributed by atoms with Crippen LogP contribution in [0.25, 0.3) is 0 Å². The number of nitrogens with one attached hydrogen (secondary N) is 2. The number of hydrogen-bond acceptors (Lipinski definition) is 4. The maximum absolute atomic E-state index is 4.58. The lowest BCUT2D eigenvalue weighted by Gasteiger charge is -2.14. The molecule has 0 aliphatic rings. The topological polar surface area (TPSA) is 49.8 Å². The van der Waals surface area contributed by atoms with Gasteiger partial charge in [-0.05, 0) is 55.2 Å². The van der Waals surface area contributed by atoms with E-state index in [1.807, 2.05) is 18.2 Å². The van der Waals surface area contributed by atoms with E-state index in [4.69, 9.17) is 0 Å². The van der Waals surface area contributed by atoms with Gasteiger partial charge in [-0.2, -0.15) is 4.98 Å². The van der Waals surface area contributed by atoms with Crippen LogP contribution in [0, 0.1) is 13.8 Å². The van der Waals surface area contributed by atoms with E-state index in [1.165, 1.54) is 16.7 Å². The summed E-state index contributed by atoms with van der Waals surface area (Å²) in [5, 5.41) is 6.69. The summed E-state index contributed by atoms with van der Waals surface area (Å²) in [5.41, 5.74) is 5.79. The third kappa shape index (κ3) is 3.71. The van der Waals surface area contributed by atoms with Crippen molar-refractivity contribution in [1.82, 2.24) is 9.97 Å². The molecular formula is C20H22N4. The summed E-state index contributed by atoms with van der Waals surface area (Å²) in [6.45, 7) is 6.33. The van der Waals surface area contributed by atoms with E-state index in [9.17, 15) is 0 Å². The van der Waals surface area contributed by atoms with Crippen LogP contribution in [-0.4, -0.2) is 9.97 Å². The second-order valence-electron chi connectivity index (χ2n) is 5.85. The zero-order valence-electron chi connectivity index (χ0n) is 14.3. The highest BCUT2D eigenvalue weighted by Crippen LogP contribution is 2.25. The Balaban J connectivity index is 1.84. The van der Waals surface area contributed by atoms with E-state index >= 15 is 0 Å². The minimum atomic E-state index is 0.581. The highest BCUT2D eigenvalue weighted by molar-refractivity contribution is 5.65. The van der Waals surface area contributed by atoms with Gasteiger partial charge < -0.3 is 10.6 Å². The van der Waals surface area contributed by atoms with E-state index < -0.39 is 0 Å². The molecule has 0 amide bonds. The summed E-state index contributed by atoms with van der Waals surface area (Å²) in [6.07, 6.45) is 2.74. The van der Waals surface area contributed by atoms with Gasteiger partial charge in [0, 0.05) is 17.6 Å². The zero-order valence-corrected chi connectivity index (χ0v) is 14.3. The van der Waals surface area contributed by atoms with Gasteiger partial charge >= 0.3 is 0 Å². The summed E-state index contributed by atoms with van der Waals surface area (Å²) < 4.78 is 0. The summed E-state index contributed by atoms with van der Waals surface area (Å²) >= 11 is 0. The number of hydrogen-bond donors (Lipinski definition) is 2. The molecule has 0 unspecified atom stereocenters. The maximum Gasteiger partial charge on any atom is 0.229 e. The Bertz CT molecular complexity index is 843. The number of nitrogens with zero attached hydrogens (tertiary/aromatic N) is 2. The molecule has 3 rings (SSSR count). The van der Waals surface area contributed by atoms with Crippen molar-refractivity contribution in [2.24, 2.45) is 0 Å². The van der Waals surface area contributed by atoms with Crippen LogP contribution >= 0.6 is 0 Å². The van der Waals surface area contributed by atoms with Crippen molar-refractivity contribution < 1.29 is 0 Å². The predicted octanol–water partition coefficient (Wildman–Crippen LogP) is 5.14. The van der Waals surface area contributed by atoms with Gasteiger partial charge in [-0.3, -0.25) is 0 Å². The molecule has 2 N–H and O–H groups in total. The van der Waals surface area contributed by atoms with Gasteiger partial charge in [-0.15, -0.1) is 0 Å². The zero-order chi connectivity index (χ0) is 16.9. The first kappa shape index (κ1) is 16.0. The Morgan fingerprint density at radius 2 is 1.79 bits per heavy atom. The van der Waals surface area contributed by atoms with Crippen molar-refractivity contribution in [3.63, 3.8) is 0 Å². The second kappa shape index (κ2) is 7.13. The summed E-state index contributed by atoms with van der Waals surface area (Å²) in [6, 6.07) is 16.4. The quantitative estimate of drug-likeness (QED) is 0.683. The van der Waals surface area contributed by atoms with Crippen LogP contribution in [0.1, 0.15) is 23.6 Å². The monoisotopic (exact) mass is 318 g/mol. The molecule has 0 fully saturated rings. The number of benzene rings is 2. The fourth-order valence-corrected chi connectivity index (χ4v) is 2.67. The van der Waals surface area contributed by atoms with Crippen LogP contribution in [-0.2, 0) is 6.42 Å². The van der Waals surface area contributed by atoms with E-state index in [-0.39, 0.29) is 0 Å². The Labute approximate surface area is 143 Å². The molecule has 24 heavy (non-hydrogen) atoms. The van der Waals surface area contributed by atoms with Gasteiger partial charge in [0.15, 0.2) is 0 Å². The first-order valence-corrected chi connectivity index (χ1v) is 8.18. The standard InChI is InChI=1S/C20H22N4/c1-4-16-9-6-8-15(3)19(16)23-18-11-12-21-20(24-18)22-17-10-5-7-14(2)13-17/h5-13H,4H2,1-3H3,(H2,21,22,23,24). The molecule has 0 spiro atoms. The van der Waals surface area contributed by atoms with Gasteiger partial charge in [-0.1, -0.05) is 37.3 Å². The molecule has 0 aliphatic carbocycles. The van der Waals surface area contributed by atoms with E-state index in [0.29, 0.717) is 5.95 Å². The number of aryl methyl sites for hydroxylation is 3. The molecular weight excluding hydrogens is 296 g/mol. The number of para-hydroxylation sites is 1. The fourth-order valence-electron chi connectivity index (χ4n) is 2.67. The molecule has 4 nitrogen and oxygen atoms in total. The SMILES string of the molecule is CCc1cccc(C)c1Nc1ccnc(Nc2cccc(C)c2)n1. The molecule has 0 atom stereocenters. The lowest BCUT2D eigenvalue weighted by molar-refractivity contribution is 1.12. The fraction of sp³-hybridized carbons (Fsp3) is 0.200. The molecule has 1 aromatic heterocycles. The lowest BCUT2D eigenvalue weighted by Crippen LogP contribution is -2.03. The van der Waals surface area contributed by atoms with Crippen molar-refractivity contribution in [2.75, 3.05) is 10.6 Å². The molecule has 0 saturated carbocycles. The summed E-state index contributed by atoms with van der Waals surface area (Å²) in [5.74, 6) is 1.36. The van der Waals surface area contributed by atoms with Gasteiger partial charge in [0.05, 0.1) is 0 Å². The van der Waals surface area contributed by atoms with Crippen LogP contribution in [0.5, 0.6) is 0 Å². The van der Waals surface area contributed by atoms with E-state index in [1.54, 1.807) is 6.20 Å². The minimum absolute atomic E-state index is 0.581. The average molecular weight is 318 g/mol. The van der Waals surface area contributed by atoms with Crippen molar-refractivity contribution in [2.45, 2.75) is 27.2 Å². The molecule has 1 heterocycles. The highest BCUT2D eigenvalue weighted by atomic mass is 15.1. The van der Waals surface area contributed by atoms with Crippen LogP contribution < -0.4 is 10.6 Å². The minimum Gasteiger partial charge on any atom is -0.340 e. The third-order valence-corrected chi connectivity index (χ3v) is 3.92. The second-order valence-corrected chi connectivity index (χ2v) is 5.85. The summed E-state index contributed by atoms with van der Waals surface area (Å²) in [7, 11) is 0. The normalized spacial score (nSPS) is 10.5. The first-order chi connectivity index (χ1) is 11.7. The molecule has 0 radical (unpaired) electrons. The number of anilines is 4. The third-order valence-electron chi connectivity index (χ3n) is 3.92. The number of rotatable bonds is 5. The van der Waals surface area contributed by atoms with Crippen LogP contribution in [0.2, 0.25) is 0 Å². The molecule has 4 heteroatoms. The van der Waals surface area contributed by atoms with Gasteiger partial charge in [-0.25, -0.2) is 4.98 Å². The first-order valence-electron chi connectivity index (χ1n) is 8.18. The highest BCUT2D eigenvalue weighted by Gasteiger charge is 2.06. The largest absolute Gasteiger partial charge is 0.340 e. The molecule has 0 bridgehead atoms. The maximum atomic E-state index is 4.58. The average Bonchev–Trinajstić information content (AvgIpc) is 2.57. The van der Waals surface area contributed by atoms with Crippen LogP contribution in [0.15, 0.2) is 54.7 Å². The van der Waals surface area contributed by atoms with Gasteiger partial charge in [0.2, 0.25) is 5.95 Å². The Kier molecular flexibility index (Phi) is 4.75. The van der Waals surface area contributed by atoms with Crippen molar-refractivity contribution in [3.8, 4) is 0 Å². The molecule has 0 aliphatic heterocycles. The lowest BCUT2D eigenvalue weighted by atomic mass is 10.1. The Hall–Kier alpha value is -2.88. The Morgan fingerprint density at radius 1 is 0.958 bits per heavy atom. The van der Waals surface area contributed by atoms with E-state index in [0.717, 1.165) is 23.6 Å². The molecule has 0 saturated heterocycles.